The van der Waals surface area contributed by atoms with Crippen molar-refractivity contribution in [1.29, 1.82) is 0 Å². The molecule has 0 spiro atoms. The minimum Gasteiger partial charge on any atom is -0.373 e. The summed E-state index contributed by atoms with van der Waals surface area (Å²) in [6.45, 7) is 3.90. The number of nitrogens with zero attached hydrogens (tertiary/aromatic N) is 2. The third-order valence-electron chi connectivity index (χ3n) is 3.02. The van der Waals surface area contributed by atoms with Gasteiger partial charge in [0.05, 0.1) is 5.38 Å². The highest BCUT2D eigenvalue weighted by molar-refractivity contribution is 6.20. The summed E-state index contributed by atoms with van der Waals surface area (Å²) in [5.41, 5.74) is 1.95. The minimum absolute atomic E-state index is 0.0454. The predicted octanol–water partition coefficient (Wildman–Crippen LogP) is 3.18. The van der Waals surface area contributed by atoms with Crippen LogP contribution in [0, 0.1) is 12.8 Å². The molecule has 0 aliphatic heterocycles. The monoisotopic (exact) mass is 240 g/mol. The van der Waals surface area contributed by atoms with Crippen molar-refractivity contribution in [2.24, 2.45) is 5.92 Å². The maximum Gasteiger partial charge on any atom is 0.157 e. The van der Waals surface area contributed by atoms with E-state index in [-0.39, 0.29) is 11.5 Å². The predicted molar refractivity (Wildman–Crippen MR) is 63.5 cm³/mol. The number of rotatable bonds is 4. The van der Waals surface area contributed by atoms with E-state index in [9.17, 15) is 0 Å². The first-order valence-corrected chi connectivity index (χ1v) is 6.07. The van der Waals surface area contributed by atoms with Gasteiger partial charge in [0.25, 0.3) is 0 Å². The molecule has 0 saturated heterocycles. The van der Waals surface area contributed by atoms with Crippen LogP contribution in [0.4, 0.5) is 0 Å². The first kappa shape index (κ1) is 11.8. The van der Waals surface area contributed by atoms with Crippen LogP contribution in [0.15, 0.2) is 6.20 Å². The van der Waals surface area contributed by atoms with Gasteiger partial charge in [-0.05, 0) is 32.6 Å². The fourth-order valence-corrected chi connectivity index (χ4v) is 2.14. The summed E-state index contributed by atoms with van der Waals surface area (Å²) in [4.78, 5) is 8.88. The van der Waals surface area contributed by atoms with Crippen LogP contribution in [-0.4, -0.2) is 17.1 Å². The maximum atomic E-state index is 6.04. The second-order valence-corrected chi connectivity index (χ2v) is 5.03. The van der Waals surface area contributed by atoms with Crippen LogP contribution >= 0.6 is 11.6 Å². The van der Waals surface area contributed by atoms with Crippen molar-refractivity contribution in [2.45, 2.75) is 38.2 Å². The zero-order valence-electron chi connectivity index (χ0n) is 9.90. The van der Waals surface area contributed by atoms with Crippen LogP contribution < -0.4 is 0 Å². The van der Waals surface area contributed by atoms with Crippen LogP contribution in [-0.2, 0) is 4.74 Å². The number of aromatic nitrogens is 2. The van der Waals surface area contributed by atoms with Crippen molar-refractivity contribution in [3.8, 4) is 0 Å². The van der Waals surface area contributed by atoms with Gasteiger partial charge >= 0.3 is 0 Å². The molecule has 1 aliphatic carbocycles. The quantitative estimate of drug-likeness (QED) is 0.759. The lowest BCUT2D eigenvalue weighted by molar-refractivity contribution is 0.0770. The largest absolute Gasteiger partial charge is 0.373 e. The third kappa shape index (κ3) is 2.36. The molecule has 3 nitrogen and oxygen atoms in total. The molecule has 1 aromatic heterocycles. The van der Waals surface area contributed by atoms with Crippen molar-refractivity contribution in [3.05, 3.63) is 23.3 Å². The second kappa shape index (κ2) is 4.68. The van der Waals surface area contributed by atoms with E-state index in [1.807, 2.05) is 20.0 Å². The lowest BCUT2D eigenvalue weighted by Crippen LogP contribution is -2.10. The Kier molecular flexibility index (Phi) is 3.45. The molecular formula is C12H17ClN2O. The minimum atomic E-state index is -0.0454. The Morgan fingerprint density at radius 2 is 2.19 bits per heavy atom. The van der Waals surface area contributed by atoms with Crippen LogP contribution in [0.5, 0.6) is 0 Å². The Labute approximate surface area is 101 Å². The number of ether oxygens (including phenoxy) is 1. The molecule has 4 heteroatoms. The highest BCUT2D eigenvalue weighted by Gasteiger charge is 2.34. The van der Waals surface area contributed by atoms with Gasteiger partial charge < -0.3 is 4.74 Å². The summed E-state index contributed by atoms with van der Waals surface area (Å²) in [7, 11) is 1.72. The molecule has 0 aromatic carbocycles. The fraction of sp³-hybridized carbons (Fsp3) is 0.667. The molecule has 0 amide bonds. The average molecular weight is 241 g/mol. The van der Waals surface area contributed by atoms with E-state index in [2.05, 4.69) is 9.97 Å². The Bertz CT molecular complexity index is 377. The van der Waals surface area contributed by atoms with Crippen molar-refractivity contribution in [3.63, 3.8) is 0 Å². The van der Waals surface area contributed by atoms with Gasteiger partial charge in [-0.15, -0.1) is 11.6 Å². The third-order valence-corrected chi connectivity index (χ3v) is 3.26. The van der Waals surface area contributed by atoms with Crippen molar-refractivity contribution < 1.29 is 4.74 Å². The summed E-state index contributed by atoms with van der Waals surface area (Å²) < 4.78 is 5.46. The summed E-state index contributed by atoms with van der Waals surface area (Å²) in [6, 6.07) is 0. The van der Waals surface area contributed by atoms with Crippen molar-refractivity contribution in [2.75, 3.05) is 7.11 Å². The van der Waals surface area contributed by atoms with E-state index in [0.29, 0.717) is 5.92 Å². The van der Waals surface area contributed by atoms with Gasteiger partial charge in [0.1, 0.15) is 6.10 Å². The van der Waals surface area contributed by atoms with Gasteiger partial charge in [-0.25, -0.2) is 9.97 Å². The van der Waals surface area contributed by atoms with Crippen LogP contribution in [0.25, 0.3) is 0 Å². The van der Waals surface area contributed by atoms with Gasteiger partial charge in [-0.2, -0.15) is 0 Å². The van der Waals surface area contributed by atoms with Gasteiger partial charge in [0, 0.05) is 24.6 Å². The Hall–Kier alpha value is -0.670. The zero-order chi connectivity index (χ0) is 11.7. The molecule has 2 unspecified atom stereocenters. The van der Waals surface area contributed by atoms with E-state index in [1.165, 1.54) is 12.8 Å². The molecule has 16 heavy (non-hydrogen) atoms. The van der Waals surface area contributed by atoms with Crippen LogP contribution in [0.2, 0.25) is 0 Å². The van der Waals surface area contributed by atoms with E-state index in [1.54, 1.807) is 7.11 Å². The molecule has 1 fully saturated rings. The zero-order valence-corrected chi connectivity index (χ0v) is 10.7. The highest BCUT2D eigenvalue weighted by atomic mass is 35.5. The second-order valence-electron chi connectivity index (χ2n) is 4.38. The van der Waals surface area contributed by atoms with E-state index in [4.69, 9.17) is 16.3 Å². The number of hydrogen-bond donors (Lipinski definition) is 0. The normalized spacial score (nSPS) is 19.5. The van der Waals surface area contributed by atoms with Gasteiger partial charge in [0.15, 0.2) is 5.82 Å². The topological polar surface area (TPSA) is 35.0 Å². The number of alkyl halides is 1. The molecule has 1 aromatic rings. The lowest BCUT2D eigenvalue weighted by Gasteiger charge is -2.15. The molecule has 0 radical (unpaired) electrons. The Morgan fingerprint density at radius 1 is 1.50 bits per heavy atom. The van der Waals surface area contributed by atoms with E-state index < -0.39 is 0 Å². The standard InChI is InChI=1S/C12H17ClN2O/c1-7(13)10-6-14-12(15-8(10)2)11(16-3)9-4-5-9/h6-7,9,11H,4-5H2,1-3H3. The molecule has 0 bridgehead atoms. The first-order chi connectivity index (χ1) is 7.63. The summed E-state index contributed by atoms with van der Waals surface area (Å²) in [5, 5.41) is -0.0454. The van der Waals surface area contributed by atoms with Gasteiger partial charge in [0.2, 0.25) is 0 Å². The molecule has 88 valence electrons. The molecule has 0 N–H and O–H groups in total. The highest BCUT2D eigenvalue weighted by Crippen LogP contribution is 2.42. The Balaban J connectivity index is 2.25. The van der Waals surface area contributed by atoms with E-state index >= 15 is 0 Å². The Morgan fingerprint density at radius 3 is 2.62 bits per heavy atom. The number of halogens is 1. The molecule has 1 heterocycles. The summed E-state index contributed by atoms with van der Waals surface area (Å²) >= 11 is 6.04. The number of aryl methyl sites for hydroxylation is 1. The van der Waals surface area contributed by atoms with Crippen LogP contribution in [0.3, 0.4) is 0 Å². The lowest BCUT2D eigenvalue weighted by atomic mass is 10.1. The maximum absolute atomic E-state index is 6.04. The summed E-state index contributed by atoms with van der Waals surface area (Å²) in [6.07, 6.45) is 4.31. The average Bonchev–Trinajstić information content (AvgIpc) is 3.02. The number of hydrogen-bond acceptors (Lipinski definition) is 3. The van der Waals surface area contributed by atoms with Gasteiger partial charge in [-0.1, -0.05) is 0 Å². The number of methoxy groups -OCH3 is 1. The van der Waals surface area contributed by atoms with Gasteiger partial charge in [-0.3, -0.25) is 0 Å². The first-order valence-electron chi connectivity index (χ1n) is 5.63. The molecule has 2 atom stereocenters. The molecular weight excluding hydrogens is 224 g/mol. The SMILES string of the molecule is COC(c1ncc(C(C)Cl)c(C)n1)C1CC1. The van der Waals surface area contributed by atoms with E-state index in [0.717, 1.165) is 17.1 Å². The molecule has 1 aliphatic rings. The van der Waals surface area contributed by atoms with Crippen molar-refractivity contribution in [1.82, 2.24) is 9.97 Å². The molecule has 1 saturated carbocycles. The van der Waals surface area contributed by atoms with Crippen LogP contribution in [0.1, 0.15) is 48.3 Å². The fourth-order valence-electron chi connectivity index (χ4n) is 1.93. The van der Waals surface area contributed by atoms with Crippen molar-refractivity contribution >= 4 is 11.6 Å². The smallest absolute Gasteiger partial charge is 0.157 e. The summed E-state index contributed by atoms with van der Waals surface area (Å²) in [5.74, 6) is 1.40. The molecule has 2 rings (SSSR count).